The van der Waals surface area contributed by atoms with E-state index in [4.69, 9.17) is 14.6 Å². The van der Waals surface area contributed by atoms with Gasteiger partial charge in [0.2, 0.25) is 5.91 Å². The number of piperazine rings is 1. The molecule has 0 aliphatic carbocycles. The third-order valence-electron chi connectivity index (χ3n) is 10.1. The molecule has 0 spiro atoms. The number of benzene rings is 4. The van der Waals surface area contributed by atoms with Crippen LogP contribution >= 0.6 is 0 Å². The first-order chi connectivity index (χ1) is 25.4. The Balaban J connectivity index is 1.09. The number of nitrogens with one attached hydrogen (secondary N) is 1. The largest absolute Gasteiger partial charge is 0.481 e. The van der Waals surface area contributed by atoms with Crippen molar-refractivity contribution < 1.29 is 29.3 Å². The van der Waals surface area contributed by atoms with Gasteiger partial charge in [-0.3, -0.25) is 19.4 Å². The Kier molecular flexibility index (Phi) is 13.6. The lowest BCUT2D eigenvalue weighted by Crippen LogP contribution is -2.49. The number of carboxylic acid groups (broad SMARTS) is 1. The van der Waals surface area contributed by atoms with E-state index in [2.05, 4.69) is 87.9 Å². The second-order valence-electron chi connectivity index (χ2n) is 13.9. The van der Waals surface area contributed by atoms with Crippen LogP contribution in [-0.2, 0) is 38.8 Å². The van der Waals surface area contributed by atoms with E-state index >= 15 is 0 Å². The fourth-order valence-electron chi connectivity index (χ4n) is 7.09. The van der Waals surface area contributed by atoms with E-state index in [-0.39, 0.29) is 31.1 Å². The number of rotatable bonds is 16. The van der Waals surface area contributed by atoms with Crippen LogP contribution in [0.5, 0.6) is 0 Å². The summed E-state index contributed by atoms with van der Waals surface area (Å²) in [5.74, 6) is -0.831. The number of amides is 1. The van der Waals surface area contributed by atoms with Gasteiger partial charge in [0, 0.05) is 70.6 Å². The molecule has 4 aromatic rings. The van der Waals surface area contributed by atoms with Crippen LogP contribution in [0.25, 0.3) is 11.1 Å². The lowest BCUT2D eigenvalue weighted by Gasteiger charge is -2.40. The molecule has 0 saturated carbocycles. The van der Waals surface area contributed by atoms with Crippen LogP contribution in [0.1, 0.15) is 78.7 Å². The summed E-state index contributed by atoms with van der Waals surface area (Å²) in [4.78, 5) is 28.3. The number of ether oxygens (including phenoxy) is 2. The molecule has 2 aliphatic rings. The summed E-state index contributed by atoms with van der Waals surface area (Å²) in [5.41, 5.74) is 7.37. The summed E-state index contributed by atoms with van der Waals surface area (Å²) in [7, 11) is 0. The van der Waals surface area contributed by atoms with Crippen molar-refractivity contribution in [2.24, 2.45) is 0 Å². The third-order valence-corrected chi connectivity index (χ3v) is 10.1. The van der Waals surface area contributed by atoms with Gasteiger partial charge < -0.3 is 25.0 Å². The van der Waals surface area contributed by atoms with E-state index in [1.54, 1.807) is 0 Å². The van der Waals surface area contributed by atoms with Gasteiger partial charge in [0.1, 0.15) is 0 Å². The molecule has 0 bridgehead atoms. The first-order valence-electron chi connectivity index (χ1n) is 18.6. The molecule has 0 unspecified atom stereocenters. The number of carbonyl (C=O) groups is 2. The van der Waals surface area contributed by atoms with E-state index < -0.39 is 12.3 Å². The Morgan fingerprint density at radius 1 is 0.712 bits per heavy atom. The van der Waals surface area contributed by atoms with Crippen molar-refractivity contribution in [1.82, 2.24) is 15.1 Å². The van der Waals surface area contributed by atoms with Gasteiger partial charge >= 0.3 is 5.97 Å². The number of hydrogen-bond acceptors (Lipinski definition) is 7. The Morgan fingerprint density at radius 3 is 2.12 bits per heavy atom. The Bertz CT molecular complexity index is 1710. The summed E-state index contributed by atoms with van der Waals surface area (Å²) >= 11 is 0. The number of carboxylic acids is 1. The molecule has 0 aromatic heterocycles. The maximum atomic E-state index is 12.5. The molecule has 6 rings (SSSR count). The third kappa shape index (κ3) is 10.8. The van der Waals surface area contributed by atoms with Crippen LogP contribution in [0.15, 0.2) is 103 Å². The first-order valence-corrected chi connectivity index (χ1v) is 18.6. The fourth-order valence-corrected chi connectivity index (χ4v) is 7.09. The number of aliphatic carboxylic acids is 1. The summed E-state index contributed by atoms with van der Waals surface area (Å²) < 4.78 is 13.3. The standard InChI is InChI=1S/C43H51N3O6/c47-31-33-15-17-35(18-16-33)40-27-38(30-46-25-23-45(24-26-46)29-32-9-3-1-4-10-32)51-43(52-40)36-21-19-34(20-22-36)39-12-8-7-11-37(39)28-44-41(48)13-5-2-6-14-42(49)50/h1,3-4,7-12,15-22,38,40,43,47H,2,5-6,13-14,23-31H2,(H,44,48)(H,49,50)/t38-,40+,43+/m0/s1. The molecular formula is C43H51N3O6. The highest BCUT2D eigenvalue weighted by molar-refractivity contribution is 5.76. The lowest BCUT2D eigenvalue weighted by atomic mass is 9.97. The molecule has 9 heteroatoms. The van der Waals surface area contributed by atoms with Crippen molar-refractivity contribution in [3.05, 3.63) is 131 Å². The predicted molar refractivity (Wildman–Crippen MR) is 201 cm³/mol. The van der Waals surface area contributed by atoms with Crippen LogP contribution in [-0.4, -0.2) is 70.7 Å². The van der Waals surface area contributed by atoms with Gasteiger partial charge in [-0.1, -0.05) is 110 Å². The van der Waals surface area contributed by atoms with Crippen molar-refractivity contribution in [3.8, 4) is 11.1 Å². The van der Waals surface area contributed by atoms with Crippen molar-refractivity contribution >= 4 is 11.9 Å². The van der Waals surface area contributed by atoms with E-state index in [1.165, 1.54) is 5.56 Å². The minimum Gasteiger partial charge on any atom is -0.481 e. The van der Waals surface area contributed by atoms with E-state index in [0.29, 0.717) is 25.8 Å². The number of aliphatic hydroxyl groups excluding tert-OH is 1. The molecule has 2 saturated heterocycles. The molecule has 9 nitrogen and oxygen atoms in total. The van der Waals surface area contributed by atoms with Gasteiger partial charge in [-0.2, -0.15) is 0 Å². The highest BCUT2D eigenvalue weighted by Crippen LogP contribution is 2.39. The zero-order valence-electron chi connectivity index (χ0n) is 29.9. The molecule has 3 N–H and O–H groups in total. The Hall–Kier alpha value is -4.38. The van der Waals surface area contributed by atoms with Crippen LogP contribution < -0.4 is 5.32 Å². The van der Waals surface area contributed by atoms with E-state index in [0.717, 1.165) is 85.5 Å². The van der Waals surface area contributed by atoms with Crippen molar-refractivity contribution in [2.75, 3.05) is 32.7 Å². The fraction of sp³-hybridized carbons (Fsp3) is 0.395. The number of nitrogens with zero attached hydrogens (tertiary/aromatic N) is 2. The maximum Gasteiger partial charge on any atom is 0.303 e. The van der Waals surface area contributed by atoms with Gasteiger partial charge in [-0.25, -0.2) is 0 Å². The highest BCUT2D eigenvalue weighted by atomic mass is 16.7. The molecule has 0 radical (unpaired) electrons. The van der Waals surface area contributed by atoms with Gasteiger partial charge in [0.15, 0.2) is 6.29 Å². The molecule has 1 amide bonds. The lowest BCUT2D eigenvalue weighted by molar-refractivity contribution is -0.253. The summed E-state index contributed by atoms with van der Waals surface area (Å²) in [6.07, 6.45) is 2.58. The predicted octanol–water partition coefficient (Wildman–Crippen LogP) is 6.86. The second kappa shape index (κ2) is 18.9. The summed E-state index contributed by atoms with van der Waals surface area (Å²) in [6.45, 7) is 6.27. The number of aliphatic hydroxyl groups is 1. The van der Waals surface area contributed by atoms with Gasteiger partial charge in [-0.05, 0) is 46.2 Å². The number of hydrogen-bond donors (Lipinski definition) is 3. The molecule has 4 aromatic carbocycles. The summed E-state index contributed by atoms with van der Waals surface area (Å²) in [6, 6.07) is 35.1. The molecule has 3 atom stereocenters. The molecule has 52 heavy (non-hydrogen) atoms. The zero-order chi connectivity index (χ0) is 36.1. The van der Waals surface area contributed by atoms with Gasteiger partial charge in [-0.15, -0.1) is 0 Å². The first kappa shape index (κ1) is 37.4. The number of carbonyl (C=O) groups excluding carboxylic acids is 1. The van der Waals surface area contributed by atoms with Crippen molar-refractivity contribution in [3.63, 3.8) is 0 Å². The average molecular weight is 706 g/mol. The molecular weight excluding hydrogens is 654 g/mol. The minimum atomic E-state index is -0.800. The van der Waals surface area contributed by atoms with Gasteiger partial charge in [0.25, 0.3) is 0 Å². The normalized spacial score (nSPS) is 19.7. The molecule has 2 fully saturated rings. The monoisotopic (exact) mass is 705 g/mol. The van der Waals surface area contributed by atoms with Crippen LogP contribution in [0.3, 0.4) is 0 Å². The SMILES string of the molecule is O=C(O)CCCCCC(=O)NCc1ccccc1-c1ccc([C@@H]2O[C@H](CN3CCN(Cc4ccccc4)CC3)C[C@H](c3ccc(CO)cc3)O2)cc1. The highest BCUT2D eigenvalue weighted by Gasteiger charge is 2.34. The molecule has 274 valence electrons. The second-order valence-corrected chi connectivity index (χ2v) is 13.9. The number of unbranched alkanes of at least 4 members (excludes halogenated alkanes) is 2. The molecule has 2 aliphatic heterocycles. The van der Waals surface area contributed by atoms with Gasteiger partial charge in [0.05, 0.1) is 18.8 Å². The smallest absolute Gasteiger partial charge is 0.303 e. The van der Waals surface area contributed by atoms with Crippen LogP contribution in [0.2, 0.25) is 0 Å². The minimum absolute atomic E-state index is 0.00838. The van der Waals surface area contributed by atoms with E-state index in [9.17, 15) is 14.7 Å². The Labute approximate surface area is 307 Å². The van der Waals surface area contributed by atoms with Crippen molar-refractivity contribution in [1.29, 1.82) is 0 Å². The average Bonchev–Trinajstić information content (AvgIpc) is 3.18. The summed E-state index contributed by atoms with van der Waals surface area (Å²) in [5, 5.41) is 21.4. The van der Waals surface area contributed by atoms with Crippen molar-refractivity contribution in [2.45, 2.75) is 76.7 Å². The maximum absolute atomic E-state index is 12.5. The van der Waals surface area contributed by atoms with Crippen LogP contribution in [0.4, 0.5) is 0 Å². The molecule has 2 heterocycles. The topological polar surface area (TPSA) is 112 Å². The van der Waals surface area contributed by atoms with E-state index in [1.807, 2.05) is 30.3 Å². The Morgan fingerprint density at radius 2 is 1.38 bits per heavy atom. The quantitative estimate of drug-likeness (QED) is 0.109. The zero-order valence-corrected chi connectivity index (χ0v) is 29.9. The van der Waals surface area contributed by atoms with Crippen LogP contribution in [0, 0.1) is 0 Å².